The highest BCUT2D eigenvalue weighted by molar-refractivity contribution is 5.83. The van der Waals surface area contributed by atoms with Crippen LogP contribution in [0.25, 0.3) is 22.4 Å². The summed E-state index contributed by atoms with van der Waals surface area (Å²) in [7, 11) is 0. The minimum absolute atomic E-state index is 0.359. The molecule has 4 rings (SSSR count). The molecule has 3 aromatic carbocycles. The number of aromatic nitrogens is 2. The zero-order valence-electron chi connectivity index (χ0n) is 14.7. The molecule has 1 unspecified atom stereocenters. The second-order valence-electron chi connectivity index (χ2n) is 6.52. The van der Waals surface area contributed by atoms with Crippen LogP contribution >= 0.6 is 0 Å². The van der Waals surface area contributed by atoms with Crippen molar-refractivity contribution in [2.45, 2.75) is 26.2 Å². The fourth-order valence-corrected chi connectivity index (χ4v) is 3.62. The van der Waals surface area contributed by atoms with Crippen molar-refractivity contribution >= 4 is 11.0 Å². The summed E-state index contributed by atoms with van der Waals surface area (Å²) in [6, 6.07) is 25.6. The maximum Gasteiger partial charge on any atom is 0.138 e. The number of imidazole rings is 1. The van der Waals surface area contributed by atoms with Crippen molar-refractivity contribution in [3.8, 4) is 11.4 Å². The molecule has 0 spiro atoms. The van der Waals surface area contributed by atoms with Crippen molar-refractivity contribution in [3.05, 3.63) is 89.5 Å². The molecule has 1 atom stereocenters. The van der Waals surface area contributed by atoms with Gasteiger partial charge in [0.25, 0.3) is 0 Å². The van der Waals surface area contributed by atoms with Crippen molar-refractivity contribution in [1.29, 1.82) is 0 Å². The fraction of sp³-hybridized carbons (Fsp3) is 0.174. The molecular weight excluding hydrogens is 304 g/mol. The zero-order valence-corrected chi connectivity index (χ0v) is 14.7. The van der Waals surface area contributed by atoms with E-state index in [1.807, 2.05) is 0 Å². The van der Waals surface area contributed by atoms with E-state index in [0.717, 1.165) is 28.8 Å². The third-order valence-corrected chi connectivity index (χ3v) is 4.93. The summed E-state index contributed by atoms with van der Waals surface area (Å²) in [5.41, 5.74) is 7.22. The number of rotatable bonds is 4. The predicted octanol–water partition coefficient (Wildman–Crippen LogP) is 6.08. The van der Waals surface area contributed by atoms with E-state index in [1.165, 1.54) is 16.7 Å². The van der Waals surface area contributed by atoms with E-state index in [-0.39, 0.29) is 0 Å². The quantitative estimate of drug-likeness (QED) is 0.483. The van der Waals surface area contributed by atoms with Crippen LogP contribution in [0.4, 0.5) is 0 Å². The molecule has 25 heavy (non-hydrogen) atoms. The summed E-state index contributed by atoms with van der Waals surface area (Å²) in [5, 5.41) is 0. The number of nitrogens with one attached hydrogen (secondary N) is 1. The van der Waals surface area contributed by atoms with Gasteiger partial charge in [0.15, 0.2) is 0 Å². The van der Waals surface area contributed by atoms with Crippen molar-refractivity contribution in [2.24, 2.45) is 0 Å². The highest BCUT2D eigenvalue weighted by atomic mass is 14.9. The lowest BCUT2D eigenvalue weighted by molar-refractivity contribution is 0.782. The Labute approximate surface area is 148 Å². The molecular formula is C23H22N2. The third-order valence-electron chi connectivity index (χ3n) is 4.93. The van der Waals surface area contributed by atoms with Crippen molar-refractivity contribution in [2.75, 3.05) is 0 Å². The Hall–Kier alpha value is -2.87. The van der Waals surface area contributed by atoms with Gasteiger partial charge in [0.05, 0.1) is 11.0 Å². The van der Waals surface area contributed by atoms with Gasteiger partial charge in [-0.25, -0.2) is 4.98 Å². The Bertz CT molecular complexity index is 999. The summed E-state index contributed by atoms with van der Waals surface area (Å²) in [4.78, 5) is 8.49. The summed E-state index contributed by atoms with van der Waals surface area (Å²) < 4.78 is 0. The monoisotopic (exact) mass is 326 g/mol. The van der Waals surface area contributed by atoms with E-state index in [9.17, 15) is 0 Å². The summed E-state index contributed by atoms with van der Waals surface area (Å²) in [6.45, 7) is 4.37. The lowest BCUT2D eigenvalue weighted by atomic mass is 9.88. The molecule has 0 radical (unpaired) electrons. The number of benzene rings is 3. The first kappa shape index (κ1) is 15.6. The Morgan fingerprint density at radius 3 is 2.40 bits per heavy atom. The zero-order chi connectivity index (χ0) is 17.2. The minimum Gasteiger partial charge on any atom is -0.338 e. The van der Waals surface area contributed by atoms with E-state index in [4.69, 9.17) is 4.98 Å². The molecule has 0 bridgehead atoms. The molecule has 4 aromatic rings. The van der Waals surface area contributed by atoms with E-state index in [1.54, 1.807) is 0 Å². The number of fused-ring (bicyclic) bond motifs is 1. The Kier molecular flexibility index (Phi) is 4.10. The van der Waals surface area contributed by atoms with Gasteiger partial charge in [-0.15, -0.1) is 0 Å². The normalized spacial score (nSPS) is 12.4. The third kappa shape index (κ3) is 2.85. The molecule has 0 saturated heterocycles. The van der Waals surface area contributed by atoms with Crippen LogP contribution in [0.2, 0.25) is 0 Å². The van der Waals surface area contributed by atoms with Gasteiger partial charge in [0.2, 0.25) is 0 Å². The fourth-order valence-electron chi connectivity index (χ4n) is 3.62. The molecule has 0 aliphatic carbocycles. The number of hydrogen-bond acceptors (Lipinski definition) is 1. The number of para-hydroxylation sites is 1. The smallest absolute Gasteiger partial charge is 0.138 e. The highest BCUT2D eigenvalue weighted by Gasteiger charge is 2.17. The number of hydrogen-bond donors (Lipinski definition) is 1. The average Bonchev–Trinajstić information content (AvgIpc) is 3.08. The van der Waals surface area contributed by atoms with Crippen LogP contribution in [0.5, 0.6) is 0 Å². The molecule has 0 fully saturated rings. The second-order valence-corrected chi connectivity index (χ2v) is 6.52. The first-order chi connectivity index (χ1) is 12.3. The van der Waals surface area contributed by atoms with Crippen molar-refractivity contribution in [1.82, 2.24) is 9.97 Å². The first-order valence-corrected chi connectivity index (χ1v) is 8.87. The molecule has 1 heterocycles. The van der Waals surface area contributed by atoms with Crippen molar-refractivity contribution in [3.63, 3.8) is 0 Å². The van der Waals surface area contributed by atoms with Gasteiger partial charge in [0, 0.05) is 11.5 Å². The van der Waals surface area contributed by atoms with E-state index in [2.05, 4.69) is 91.6 Å². The first-order valence-electron chi connectivity index (χ1n) is 8.87. The van der Waals surface area contributed by atoms with Gasteiger partial charge >= 0.3 is 0 Å². The lowest BCUT2D eigenvalue weighted by Gasteiger charge is -2.16. The van der Waals surface area contributed by atoms with E-state index < -0.39 is 0 Å². The largest absolute Gasteiger partial charge is 0.338 e. The number of aryl methyl sites for hydroxylation is 1. The van der Waals surface area contributed by atoms with Gasteiger partial charge in [-0.1, -0.05) is 73.7 Å². The van der Waals surface area contributed by atoms with Gasteiger partial charge in [0.1, 0.15) is 5.82 Å². The molecule has 1 aromatic heterocycles. The minimum atomic E-state index is 0.359. The summed E-state index contributed by atoms with van der Waals surface area (Å²) in [6.07, 6.45) is 1.05. The van der Waals surface area contributed by atoms with Crippen LogP contribution in [-0.2, 0) is 0 Å². The van der Waals surface area contributed by atoms with Crippen LogP contribution in [-0.4, -0.2) is 9.97 Å². The van der Waals surface area contributed by atoms with E-state index in [0.29, 0.717) is 5.92 Å². The average molecular weight is 326 g/mol. The van der Waals surface area contributed by atoms with Gasteiger partial charge < -0.3 is 4.98 Å². The maximum absolute atomic E-state index is 4.98. The second kappa shape index (κ2) is 6.56. The Morgan fingerprint density at radius 2 is 1.64 bits per heavy atom. The SMILES string of the molecule is CCC(c1ccccc1)c1cccc2[nH]c(-c3ccccc3C)nc12. The maximum atomic E-state index is 4.98. The van der Waals surface area contributed by atoms with Crippen LogP contribution in [0.15, 0.2) is 72.8 Å². The highest BCUT2D eigenvalue weighted by Crippen LogP contribution is 2.33. The van der Waals surface area contributed by atoms with Crippen molar-refractivity contribution < 1.29 is 0 Å². The molecule has 1 N–H and O–H groups in total. The Morgan fingerprint density at radius 1 is 0.880 bits per heavy atom. The standard InChI is InChI=1S/C23H22N2/c1-3-18(17-11-5-4-6-12-17)20-14-9-15-21-22(20)25-23(24-21)19-13-8-7-10-16(19)2/h4-15,18H,3H2,1-2H3,(H,24,25). The van der Waals surface area contributed by atoms with Crippen LogP contribution in [0, 0.1) is 6.92 Å². The molecule has 2 nitrogen and oxygen atoms in total. The number of H-pyrrole nitrogens is 1. The molecule has 0 saturated carbocycles. The molecule has 0 aliphatic rings. The van der Waals surface area contributed by atoms with Crippen LogP contribution < -0.4 is 0 Å². The summed E-state index contributed by atoms with van der Waals surface area (Å²) in [5.74, 6) is 1.31. The predicted molar refractivity (Wildman–Crippen MR) is 105 cm³/mol. The van der Waals surface area contributed by atoms with Crippen LogP contribution in [0.3, 0.4) is 0 Å². The molecule has 0 amide bonds. The number of aromatic amines is 1. The summed E-state index contributed by atoms with van der Waals surface area (Å²) >= 11 is 0. The van der Waals surface area contributed by atoms with Gasteiger partial charge in [-0.05, 0) is 36.1 Å². The topological polar surface area (TPSA) is 28.7 Å². The Balaban J connectivity index is 1.87. The molecule has 0 aliphatic heterocycles. The molecule has 2 heteroatoms. The van der Waals surface area contributed by atoms with Crippen LogP contribution in [0.1, 0.15) is 36.0 Å². The van der Waals surface area contributed by atoms with Gasteiger partial charge in [-0.2, -0.15) is 0 Å². The number of nitrogens with zero attached hydrogens (tertiary/aromatic N) is 1. The molecule has 124 valence electrons. The van der Waals surface area contributed by atoms with Gasteiger partial charge in [-0.3, -0.25) is 0 Å². The van der Waals surface area contributed by atoms with E-state index >= 15 is 0 Å². The lowest BCUT2D eigenvalue weighted by Crippen LogP contribution is -2.00.